The monoisotopic (exact) mass is 298 g/mol. The molecule has 0 aliphatic rings. The minimum Gasteiger partial charge on any atom is -0.459 e. The zero-order valence-corrected chi connectivity index (χ0v) is 12.6. The van der Waals surface area contributed by atoms with E-state index in [1.807, 2.05) is 42.3 Å². The van der Waals surface area contributed by atoms with Crippen LogP contribution < -0.4 is 5.32 Å². The van der Waals surface area contributed by atoms with Crippen molar-refractivity contribution in [3.63, 3.8) is 0 Å². The van der Waals surface area contributed by atoms with Crippen LogP contribution in [0.1, 0.15) is 11.5 Å². The first-order chi connectivity index (χ1) is 10.8. The van der Waals surface area contributed by atoms with E-state index in [4.69, 9.17) is 8.94 Å². The lowest BCUT2D eigenvalue weighted by Gasteiger charge is -2.20. The Morgan fingerprint density at radius 3 is 2.91 bits per heavy atom. The summed E-state index contributed by atoms with van der Waals surface area (Å²) in [4.78, 5) is 6.27. The van der Waals surface area contributed by atoms with Gasteiger partial charge in [-0.15, -0.1) is 0 Å². The van der Waals surface area contributed by atoms with E-state index >= 15 is 0 Å². The Morgan fingerprint density at radius 1 is 1.32 bits per heavy atom. The number of furan rings is 1. The molecule has 3 rings (SSSR count). The van der Waals surface area contributed by atoms with Crippen LogP contribution in [-0.4, -0.2) is 30.1 Å². The van der Waals surface area contributed by atoms with Gasteiger partial charge in [-0.05, 0) is 12.1 Å². The molecule has 6 nitrogen and oxygen atoms in total. The number of hydrogen-bond acceptors (Lipinski definition) is 4. The smallest absolute Gasteiger partial charge is 0.194 e. The number of para-hydroxylation sites is 1. The molecule has 0 saturated heterocycles. The summed E-state index contributed by atoms with van der Waals surface area (Å²) in [5.41, 5.74) is 1.73. The number of guanidine groups is 1. The van der Waals surface area contributed by atoms with Crippen molar-refractivity contribution in [2.75, 3.05) is 14.1 Å². The van der Waals surface area contributed by atoms with E-state index in [9.17, 15) is 0 Å². The van der Waals surface area contributed by atoms with Gasteiger partial charge in [0.1, 0.15) is 23.3 Å². The molecule has 0 bridgehead atoms. The lowest BCUT2D eigenvalue weighted by atomic mass is 10.2. The van der Waals surface area contributed by atoms with Crippen LogP contribution in [-0.2, 0) is 13.1 Å². The summed E-state index contributed by atoms with van der Waals surface area (Å²) >= 11 is 0. The summed E-state index contributed by atoms with van der Waals surface area (Å²) in [7, 11) is 3.71. The Bertz CT molecular complexity index is 728. The molecule has 22 heavy (non-hydrogen) atoms. The second-order valence-electron chi connectivity index (χ2n) is 5.00. The lowest BCUT2D eigenvalue weighted by Crippen LogP contribution is -2.38. The Balaban J connectivity index is 1.65. The first-order valence-electron chi connectivity index (χ1n) is 7.05. The molecular weight excluding hydrogens is 280 g/mol. The van der Waals surface area contributed by atoms with Crippen molar-refractivity contribution in [1.82, 2.24) is 15.4 Å². The Hall–Kier alpha value is -2.76. The highest BCUT2D eigenvalue weighted by Gasteiger charge is 2.10. The van der Waals surface area contributed by atoms with E-state index in [2.05, 4.69) is 21.5 Å². The zero-order valence-electron chi connectivity index (χ0n) is 12.6. The minimum atomic E-state index is 0.563. The molecule has 0 radical (unpaired) electrons. The van der Waals surface area contributed by atoms with Crippen molar-refractivity contribution < 1.29 is 8.94 Å². The predicted molar refractivity (Wildman–Crippen MR) is 84.4 cm³/mol. The summed E-state index contributed by atoms with van der Waals surface area (Å²) < 4.78 is 10.6. The van der Waals surface area contributed by atoms with E-state index in [1.54, 1.807) is 13.3 Å². The summed E-state index contributed by atoms with van der Waals surface area (Å²) in [5, 5.41) is 8.21. The van der Waals surface area contributed by atoms with Gasteiger partial charge in [-0.1, -0.05) is 23.4 Å². The topological polar surface area (TPSA) is 66.8 Å². The van der Waals surface area contributed by atoms with E-state index in [1.165, 1.54) is 0 Å². The SMILES string of the molecule is CN=C(NCc1ccon1)N(C)Cc1cc2ccccc2o1. The number of nitrogens with zero attached hydrogens (tertiary/aromatic N) is 3. The number of fused-ring (bicyclic) bond motifs is 1. The van der Waals surface area contributed by atoms with Crippen LogP contribution in [0.5, 0.6) is 0 Å². The summed E-state index contributed by atoms with van der Waals surface area (Å²) in [6.07, 6.45) is 1.55. The molecule has 2 heterocycles. The summed E-state index contributed by atoms with van der Waals surface area (Å²) in [6, 6.07) is 11.9. The van der Waals surface area contributed by atoms with Crippen LogP contribution in [0, 0.1) is 0 Å². The molecule has 1 N–H and O–H groups in total. The maximum absolute atomic E-state index is 5.83. The van der Waals surface area contributed by atoms with Crippen molar-refractivity contribution >= 4 is 16.9 Å². The van der Waals surface area contributed by atoms with Gasteiger partial charge in [0.25, 0.3) is 0 Å². The largest absolute Gasteiger partial charge is 0.459 e. The molecule has 0 aliphatic heterocycles. The van der Waals surface area contributed by atoms with Gasteiger partial charge in [0, 0.05) is 25.5 Å². The third-order valence-corrected chi connectivity index (χ3v) is 3.36. The molecule has 2 aromatic heterocycles. The molecule has 114 valence electrons. The molecule has 0 unspecified atom stereocenters. The van der Waals surface area contributed by atoms with E-state index in [-0.39, 0.29) is 0 Å². The molecular formula is C16H18N4O2. The van der Waals surface area contributed by atoms with Crippen LogP contribution in [0.2, 0.25) is 0 Å². The van der Waals surface area contributed by atoms with Crippen molar-refractivity contribution in [2.24, 2.45) is 4.99 Å². The quantitative estimate of drug-likeness (QED) is 0.592. The van der Waals surface area contributed by atoms with Gasteiger partial charge < -0.3 is 19.2 Å². The van der Waals surface area contributed by atoms with Gasteiger partial charge in [-0.2, -0.15) is 0 Å². The van der Waals surface area contributed by atoms with Gasteiger partial charge in [0.05, 0.1) is 13.1 Å². The second-order valence-corrected chi connectivity index (χ2v) is 5.00. The normalized spacial score (nSPS) is 11.8. The average molecular weight is 298 g/mol. The fourth-order valence-electron chi connectivity index (χ4n) is 2.31. The number of benzene rings is 1. The Kier molecular flexibility index (Phi) is 4.09. The fourth-order valence-corrected chi connectivity index (χ4v) is 2.31. The van der Waals surface area contributed by atoms with Gasteiger partial charge in [-0.3, -0.25) is 4.99 Å². The van der Waals surface area contributed by atoms with Crippen molar-refractivity contribution in [3.05, 3.63) is 54.1 Å². The molecule has 1 aromatic carbocycles. The Morgan fingerprint density at radius 2 is 2.18 bits per heavy atom. The maximum Gasteiger partial charge on any atom is 0.194 e. The van der Waals surface area contributed by atoms with Gasteiger partial charge in [0.15, 0.2) is 5.96 Å². The molecule has 0 amide bonds. The molecule has 0 aliphatic carbocycles. The molecule has 0 saturated carbocycles. The van der Waals surface area contributed by atoms with E-state index in [0.29, 0.717) is 13.1 Å². The lowest BCUT2D eigenvalue weighted by molar-refractivity contribution is 0.402. The number of rotatable bonds is 4. The first kappa shape index (κ1) is 14.2. The highest BCUT2D eigenvalue weighted by Crippen LogP contribution is 2.19. The van der Waals surface area contributed by atoms with E-state index in [0.717, 1.165) is 28.4 Å². The fraction of sp³-hybridized carbons (Fsp3) is 0.250. The molecule has 3 aromatic rings. The predicted octanol–water partition coefficient (Wildman–Crippen LogP) is 2.63. The van der Waals surface area contributed by atoms with Crippen LogP contribution in [0.15, 0.2) is 56.6 Å². The number of aliphatic imine (C=N–C) groups is 1. The highest BCUT2D eigenvalue weighted by atomic mass is 16.5. The van der Waals surface area contributed by atoms with Crippen molar-refractivity contribution in [2.45, 2.75) is 13.1 Å². The molecule has 0 atom stereocenters. The molecule has 0 spiro atoms. The summed E-state index contributed by atoms with van der Waals surface area (Å²) in [6.45, 7) is 1.20. The van der Waals surface area contributed by atoms with Gasteiger partial charge in [0.2, 0.25) is 0 Å². The highest BCUT2D eigenvalue weighted by molar-refractivity contribution is 5.80. The van der Waals surface area contributed by atoms with Gasteiger partial charge >= 0.3 is 0 Å². The van der Waals surface area contributed by atoms with Gasteiger partial charge in [-0.25, -0.2) is 0 Å². The third-order valence-electron chi connectivity index (χ3n) is 3.36. The summed E-state index contributed by atoms with van der Waals surface area (Å²) in [5.74, 6) is 1.66. The third kappa shape index (κ3) is 3.11. The first-order valence-corrected chi connectivity index (χ1v) is 7.05. The molecule has 0 fully saturated rings. The van der Waals surface area contributed by atoms with Crippen molar-refractivity contribution in [3.8, 4) is 0 Å². The number of aromatic nitrogens is 1. The standard InChI is InChI=1S/C16H18N4O2/c1-17-16(18-10-13-7-8-21-19-13)20(2)11-14-9-12-5-3-4-6-15(12)22-14/h3-9H,10-11H2,1-2H3,(H,17,18). The maximum atomic E-state index is 5.83. The number of nitrogens with one attached hydrogen (secondary N) is 1. The van der Waals surface area contributed by atoms with Crippen LogP contribution >= 0.6 is 0 Å². The second kappa shape index (κ2) is 6.34. The molecule has 6 heteroatoms. The van der Waals surface area contributed by atoms with Crippen LogP contribution in [0.25, 0.3) is 11.0 Å². The number of hydrogen-bond donors (Lipinski definition) is 1. The zero-order chi connectivity index (χ0) is 15.4. The minimum absolute atomic E-state index is 0.563. The van der Waals surface area contributed by atoms with Crippen molar-refractivity contribution in [1.29, 1.82) is 0 Å². The van der Waals surface area contributed by atoms with Crippen LogP contribution in [0.3, 0.4) is 0 Å². The van der Waals surface area contributed by atoms with Crippen LogP contribution in [0.4, 0.5) is 0 Å². The Labute approximate surface area is 128 Å². The average Bonchev–Trinajstić information content (AvgIpc) is 3.16. The van der Waals surface area contributed by atoms with E-state index < -0.39 is 0 Å².